The number of carbonyl (C=O) groups excluding carboxylic acids is 1. The topological polar surface area (TPSA) is 81.2 Å². The molecule has 0 radical (unpaired) electrons. The van der Waals surface area contributed by atoms with Crippen LogP contribution in [0.3, 0.4) is 0 Å². The van der Waals surface area contributed by atoms with Gasteiger partial charge >= 0.3 is 0 Å². The lowest BCUT2D eigenvalue weighted by molar-refractivity contribution is -0.127. The molecule has 2 aliphatic carbocycles. The average Bonchev–Trinajstić information content (AvgIpc) is 3.09. The van der Waals surface area contributed by atoms with Crippen molar-refractivity contribution in [2.24, 2.45) is 23.5 Å². The fraction of sp³-hybridized carbons (Fsp3) is 0.750. The summed E-state index contributed by atoms with van der Waals surface area (Å²) in [5.74, 6) is 2.04. The van der Waals surface area contributed by atoms with Crippen molar-refractivity contribution >= 4 is 18.3 Å². The van der Waals surface area contributed by atoms with E-state index in [-0.39, 0.29) is 36.3 Å². The zero-order valence-electron chi connectivity index (χ0n) is 13.5. The predicted molar refractivity (Wildman–Crippen MR) is 86.8 cm³/mol. The minimum Gasteiger partial charge on any atom is -0.361 e. The Balaban J connectivity index is 0.00000176. The van der Waals surface area contributed by atoms with Crippen LogP contribution >= 0.6 is 12.4 Å². The summed E-state index contributed by atoms with van der Waals surface area (Å²) in [4.78, 5) is 12.5. The van der Waals surface area contributed by atoms with Gasteiger partial charge in [-0.1, -0.05) is 5.16 Å². The van der Waals surface area contributed by atoms with Gasteiger partial charge in [-0.05, 0) is 58.3 Å². The van der Waals surface area contributed by atoms with Crippen LogP contribution in [0.2, 0.25) is 0 Å². The molecular formula is C16H26ClN3O2. The number of rotatable bonds is 4. The number of nitrogens with two attached hydrogens (primary N) is 1. The van der Waals surface area contributed by atoms with Gasteiger partial charge < -0.3 is 15.6 Å². The summed E-state index contributed by atoms with van der Waals surface area (Å²) in [6.07, 6.45) is 4.25. The third-order valence-electron chi connectivity index (χ3n) is 5.36. The summed E-state index contributed by atoms with van der Waals surface area (Å²) in [5.41, 5.74) is 8.24. The van der Waals surface area contributed by atoms with E-state index in [1.165, 1.54) is 6.42 Å². The zero-order chi connectivity index (χ0) is 15.1. The zero-order valence-corrected chi connectivity index (χ0v) is 14.3. The number of carbonyl (C=O) groups is 1. The van der Waals surface area contributed by atoms with Crippen molar-refractivity contribution in [2.75, 3.05) is 0 Å². The molecule has 0 aromatic carbocycles. The lowest BCUT2D eigenvalue weighted by atomic mass is 9.84. The molecule has 1 amide bonds. The van der Waals surface area contributed by atoms with E-state index < -0.39 is 0 Å². The van der Waals surface area contributed by atoms with Crippen molar-refractivity contribution in [1.29, 1.82) is 0 Å². The SMILES string of the molecule is Cc1noc(C)c1CC(C)NC(=O)C1C2CCC(C2)C1N.Cl. The first kappa shape index (κ1) is 17.3. The number of hydrogen-bond donors (Lipinski definition) is 2. The van der Waals surface area contributed by atoms with E-state index >= 15 is 0 Å². The maximum atomic E-state index is 12.5. The Morgan fingerprint density at radius 1 is 1.41 bits per heavy atom. The van der Waals surface area contributed by atoms with Gasteiger partial charge in [-0.25, -0.2) is 0 Å². The number of amides is 1. The Hall–Kier alpha value is -1.07. The lowest BCUT2D eigenvalue weighted by Crippen LogP contribution is -2.48. The molecule has 5 unspecified atom stereocenters. The van der Waals surface area contributed by atoms with E-state index in [0.717, 1.165) is 36.3 Å². The first-order chi connectivity index (χ1) is 9.97. The number of aromatic nitrogens is 1. The second kappa shape index (κ2) is 6.59. The smallest absolute Gasteiger partial charge is 0.225 e. The highest BCUT2D eigenvalue weighted by Crippen LogP contribution is 2.47. The minimum absolute atomic E-state index is 0. The second-order valence-electron chi connectivity index (χ2n) is 6.85. The fourth-order valence-electron chi connectivity index (χ4n) is 4.21. The van der Waals surface area contributed by atoms with Crippen LogP contribution in [0.5, 0.6) is 0 Å². The molecule has 6 heteroatoms. The standard InChI is InChI=1S/C16H25N3O2.ClH/c1-8(6-13-9(2)19-21-10(13)3)18-16(20)14-11-4-5-12(7-11)15(14)17;/h8,11-12,14-15H,4-7,17H2,1-3H3,(H,18,20);1H. The lowest BCUT2D eigenvalue weighted by Gasteiger charge is -2.28. The molecule has 3 N–H and O–H groups in total. The van der Waals surface area contributed by atoms with Gasteiger partial charge in [0, 0.05) is 17.6 Å². The molecule has 0 spiro atoms. The molecule has 22 heavy (non-hydrogen) atoms. The molecule has 124 valence electrons. The number of nitrogens with zero attached hydrogens (tertiary/aromatic N) is 1. The molecule has 0 aliphatic heterocycles. The maximum absolute atomic E-state index is 12.5. The van der Waals surface area contributed by atoms with Gasteiger partial charge in [-0.2, -0.15) is 0 Å². The molecular weight excluding hydrogens is 302 g/mol. The van der Waals surface area contributed by atoms with E-state index in [4.69, 9.17) is 10.3 Å². The molecule has 5 atom stereocenters. The maximum Gasteiger partial charge on any atom is 0.225 e. The first-order valence-electron chi connectivity index (χ1n) is 7.95. The van der Waals surface area contributed by atoms with Crippen LogP contribution in [-0.2, 0) is 11.2 Å². The number of nitrogens with one attached hydrogen (secondary N) is 1. The number of hydrogen-bond acceptors (Lipinski definition) is 4. The molecule has 1 aromatic heterocycles. The third kappa shape index (κ3) is 3.01. The fourth-order valence-corrected chi connectivity index (χ4v) is 4.21. The number of halogens is 1. The van der Waals surface area contributed by atoms with Crippen molar-refractivity contribution < 1.29 is 9.32 Å². The number of fused-ring (bicyclic) bond motifs is 2. The van der Waals surface area contributed by atoms with Crippen molar-refractivity contribution in [2.45, 2.75) is 58.5 Å². The van der Waals surface area contributed by atoms with Gasteiger partial charge in [0.25, 0.3) is 0 Å². The molecule has 2 fully saturated rings. The largest absolute Gasteiger partial charge is 0.361 e. The van der Waals surface area contributed by atoms with Crippen LogP contribution in [0.4, 0.5) is 0 Å². The third-order valence-corrected chi connectivity index (χ3v) is 5.36. The highest BCUT2D eigenvalue weighted by Gasteiger charge is 2.49. The van der Waals surface area contributed by atoms with Gasteiger partial charge in [0.15, 0.2) is 0 Å². The summed E-state index contributed by atoms with van der Waals surface area (Å²) in [7, 11) is 0. The predicted octanol–water partition coefficient (Wildman–Crippen LogP) is 2.13. The summed E-state index contributed by atoms with van der Waals surface area (Å²) in [6.45, 7) is 5.88. The normalized spacial score (nSPS) is 30.9. The molecule has 5 nitrogen and oxygen atoms in total. The highest BCUT2D eigenvalue weighted by atomic mass is 35.5. The van der Waals surface area contributed by atoms with Gasteiger partial charge in [-0.15, -0.1) is 12.4 Å². The molecule has 1 aromatic rings. The van der Waals surface area contributed by atoms with Gasteiger partial charge in [0.05, 0.1) is 11.6 Å². The van der Waals surface area contributed by atoms with Crippen LogP contribution < -0.4 is 11.1 Å². The van der Waals surface area contributed by atoms with E-state index in [2.05, 4.69) is 10.5 Å². The summed E-state index contributed by atoms with van der Waals surface area (Å²) >= 11 is 0. The Morgan fingerprint density at radius 3 is 2.64 bits per heavy atom. The Bertz CT molecular complexity index is 524. The first-order valence-corrected chi connectivity index (χ1v) is 7.95. The van der Waals surface area contributed by atoms with Crippen LogP contribution in [0.25, 0.3) is 0 Å². The van der Waals surface area contributed by atoms with E-state index in [9.17, 15) is 4.79 Å². The quantitative estimate of drug-likeness (QED) is 0.887. The molecule has 2 saturated carbocycles. The Kier molecular flexibility index (Phi) is 5.17. The molecule has 1 heterocycles. The molecule has 2 bridgehead atoms. The summed E-state index contributed by atoms with van der Waals surface area (Å²) in [5, 5.41) is 7.10. The van der Waals surface area contributed by atoms with Crippen LogP contribution in [0.15, 0.2) is 4.52 Å². The highest BCUT2D eigenvalue weighted by molar-refractivity contribution is 5.85. The molecule has 0 saturated heterocycles. The van der Waals surface area contributed by atoms with Gasteiger partial charge in [0.1, 0.15) is 5.76 Å². The molecule has 2 aliphatic rings. The van der Waals surface area contributed by atoms with Crippen molar-refractivity contribution in [1.82, 2.24) is 10.5 Å². The minimum atomic E-state index is 0. The van der Waals surface area contributed by atoms with Gasteiger partial charge in [0.2, 0.25) is 5.91 Å². The van der Waals surface area contributed by atoms with Crippen LogP contribution in [0, 0.1) is 31.6 Å². The summed E-state index contributed by atoms with van der Waals surface area (Å²) < 4.78 is 5.18. The Labute approximate surface area is 137 Å². The second-order valence-corrected chi connectivity index (χ2v) is 6.85. The van der Waals surface area contributed by atoms with E-state index in [1.54, 1.807) is 0 Å². The van der Waals surface area contributed by atoms with Crippen molar-refractivity contribution in [3.8, 4) is 0 Å². The van der Waals surface area contributed by atoms with Crippen molar-refractivity contribution in [3.63, 3.8) is 0 Å². The van der Waals surface area contributed by atoms with E-state index in [0.29, 0.717) is 11.8 Å². The average molecular weight is 328 g/mol. The van der Waals surface area contributed by atoms with Gasteiger partial charge in [-0.3, -0.25) is 4.79 Å². The molecule has 3 rings (SSSR count). The van der Waals surface area contributed by atoms with E-state index in [1.807, 2.05) is 20.8 Å². The Morgan fingerprint density at radius 2 is 2.09 bits per heavy atom. The number of aryl methyl sites for hydroxylation is 2. The summed E-state index contributed by atoms with van der Waals surface area (Å²) in [6, 6.07) is 0.121. The van der Waals surface area contributed by atoms with Crippen molar-refractivity contribution in [3.05, 3.63) is 17.0 Å². The van der Waals surface area contributed by atoms with Crippen LogP contribution in [0.1, 0.15) is 43.2 Å². The monoisotopic (exact) mass is 327 g/mol. The van der Waals surface area contributed by atoms with Crippen LogP contribution in [-0.4, -0.2) is 23.1 Å².